The first kappa shape index (κ1) is 20.5. The Morgan fingerprint density at radius 2 is 2.04 bits per heavy atom. The van der Waals surface area contributed by atoms with Crippen LogP contribution in [-0.4, -0.2) is 79.5 Å². The molecule has 2 aliphatic heterocycles. The SMILES string of the molecule is Cc1ccc([N+](=O)[O-])cc1S(=O)(=O)N1CCCSCC1CN1CCOCC1. The number of thioether (sulfide) groups is 1. The molecule has 0 radical (unpaired) electrons. The Kier molecular flexibility index (Phi) is 6.74. The van der Waals surface area contributed by atoms with Crippen LogP contribution in [-0.2, 0) is 14.8 Å². The number of rotatable bonds is 5. The van der Waals surface area contributed by atoms with Gasteiger partial charge in [0.2, 0.25) is 10.0 Å². The highest BCUT2D eigenvalue weighted by atomic mass is 32.2. The van der Waals surface area contributed by atoms with Gasteiger partial charge in [-0.2, -0.15) is 16.1 Å². The van der Waals surface area contributed by atoms with Crippen molar-refractivity contribution in [3.05, 3.63) is 33.9 Å². The molecule has 2 saturated heterocycles. The minimum atomic E-state index is -3.81. The summed E-state index contributed by atoms with van der Waals surface area (Å²) in [5, 5.41) is 11.1. The van der Waals surface area contributed by atoms with Crippen molar-refractivity contribution in [2.45, 2.75) is 24.3 Å². The van der Waals surface area contributed by atoms with Crippen molar-refractivity contribution in [1.29, 1.82) is 0 Å². The number of non-ortho nitro benzene ring substituents is 1. The predicted octanol–water partition coefficient (Wildman–Crippen LogP) is 1.73. The van der Waals surface area contributed by atoms with E-state index >= 15 is 0 Å². The normalized spacial score (nSPS) is 23.1. The summed E-state index contributed by atoms with van der Waals surface area (Å²) in [4.78, 5) is 12.8. The molecular formula is C17H25N3O5S2. The minimum Gasteiger partial charge on any atom is -0.379 e. The van der Waals surface area contributed by atoms with Crippen LogP contribution < -0.4 is 0 Å². The van der Waals surface area contributed by atoms with Gasteiger partial charge in [-0.15, -0.1) is 0 Å². The first-order valence-corrected chi connectivity index (χ1v) is 11.6. The fourth-order valence-corrected chi connectivity index (χ4v) is 6.51. The molecule has 2 aliphatic rings. The maximum atomic E-state index is 13.4. The summed E-state index contributed by atoms with van der Waals surface area (Å²) in [6, 6.07) is 3.89. The number of hydrogen-bond acceptors (Lipinski definition) is 7. The van der Waals surface area contributed by atoms with E-state index in [1.165, 1.54) is 18.2 Å². The third kappa shape index (κ3) is 4.80. The van der Waals surface area contributed by atoms with Crippen LogP contribution in [0, 0.1) is 17.0 Å². The summed E-state index contributed by atoms with van der Waals surface area (Å²) >= 11 is 1.77. The van der Waals surface area contributed by atoms with Crippen molar-refractivity contribution in [2.75, 3.05) is 50.9 Å². The molecule has 0 aliphatic carbocycles. The second kappa shape index (κ2) is 8.87. The van der Waals surface area contributed by atoms with E-state index in [1.54, 1.807) is 23.0 Å². The minimum absolute atomic E-state index is 0.0376. The van der Waals surface area contributed by atoms with E-state index in [2.05, 4.69) is 4.90 Å². The molecule has 2 fully saturated rings. The van der Waals surface area contributed by atoms with Crippen LogP contribution in [0.1, 0.15) is 12.0 Å². The molecular weight excluding hydrogens is 390 g/mol. The molecule has 0 saturated carbocycles. The maximum Gasteiger partial charge on any atom is 0.270 e. The second-order valence-corrected chi connectivity index (χ2v) is 9.83. The Balaban J connectivity index is 1.91. The molecule has 1 atom stereocenters. The number of nitro groups is 1. The van der Waals surface area contributed by atoms with Gasteiger partial charge in [-0.1, -0.05) is 6.07 Å². The summed E-state index contributed by atoms with van der Waals surface area (Å²) in [5.74, 6) is 1.64. The Bertz CT molecular complexity index is 781. The fourth-order valence-electron chi connectivity index (χ4n) is 3.46. The third-order valence-corrected chi connectivity index (χ3v) is 8.22. The largest absolute Gasteiger partial charge is 0.379 e. The van der Waals surface area contributed by atoms with E-state index in [4.69, 9.17) is 4.74 Å². The van der Waals surface area contributed by atoms with E-state index < -0.39 is 14.9 Å². The number of nitrogens with zero attached hydrogens (tertiary/aromatic N) is 3. The van der Waals surface area contributed by atoms with Gasteiger partial charge in [0.05, 0.1) is 23.0 Å². The van der Waals surface area contributed by atoms with Gasteiger partial charge in [-0.25, -0.2) is 8.42 Å². The number of aryl methyl sites for hydroxylation is 1. The summed E-state index contributed by atoms with van der Waals surface area (Å²) < 4.78 is 33.8. The lowest BCUT2D eigenvalue weighted by molar-refractivity contribution is -0.385. The Labute approximate surface area is 164 Å². The van der Waals surface area contributed by atoms with E-state index in [0.717, 1.165) is 31.0 Å². The lowest BCUT2D eigenvalue weighted by Crippen LogP contribution is -2.50. The van der Waals surface area contributed by atoms with Gasteiger partial charge in [0.1, 0.15) is 0 Å². The van der Waals surface area contributed by atoms with Gasteiger partial charge in [-0.3, -0.25) is 15.0 Å². The van der Waals surface area contributed by atoms with Crippen LogP contribution in [0.2, 0.25) is 0 Å². The van der Waals surface area contributed by atoms with Crippen molar-refractivity contribution >= 4 is 27.5 Å². The van der Waals surface area contributed by atoms with Crippen LogP contribution in [0.5, 0.6) is 0 Å². The molecule has 10 heteroatoms. The number of sulfonamides is 1. The van der Waals surface area contributed by atoms with Crippen LogP contribution in [0.15, 0.2) is 23.1 Å². The topological polar surface area (TPSA) is 93.0 Å². The number of morpholine rings is 1. The quantitative estimate of drug-likeness (QED) is 0.534. The van der Waals surface area contributed by atoms with Gasteiger partial charge in [0.15, 0.2) is 0 Å². The molecule has 2 heterocycles. The number of hydrogen-bond donors (Lipinski definition) is 0. The molecule has 27 heavy (non-hydrogen) atoms. The Morgan fingerprint density at radius 1 is 1.30 bits per heavy atom. The third-order valence-electron chi connectivity index (χ3n) is 4.93. The molecule has 0 amide bonds. The number of ether oxygens (including phenoxy) is 1. The zero-order chi connectivity index (χ0) is 19.4. The first-order valence-electron chi connectivity index (χ1n) is 9.04. The van der Waals surface area contributed by atoms with E-state index in [1.807, 2.05) is 0 Å². The van der Waals surface area contributed by atoms with Crippen LogP contribution in [0.25, 0.3) is 0 Å². The van der Waals surface area contributed by atoms with Gasteiger partial charge < -0.3 is 4.74 Å². The molecule has 8 nitrogen and oxygen atoms in total. The van der Waals surface area contributed by atoms with Crippen molar-refractivity contribution < 1.29 is 18.1 Å². The van der Waals surface area contributed by atoms with Gasteiger partial charge in [0.25, 0.3) is 5.69 Å². The van der Waals surface area contributed by atoms with Crippen molar-refractivity contribution in [3.8, 4) is 0 Å². The summed E-state index contributed by atoms with van der Waals surface area (Å²) in [6.07, 6.45) is 0.775. The molecule has 3 rings (SSSR count). The van der Waals surface area contributed by atoms with E-state index in [-0.39, 0.29) is 16.6 Å². The Hall–Kier alpha value is -1.20. The zero-order valence-electron chi connectivity index (χ0n) is 15.4. The van der Waals surface area contributed by atoms with Gasteiger partial charge in [0, 0.05) is 50.1 Å². The van der Waals surface area contributed by atoms with Crippen molar-refractivity contribution in [2.24, 2.45) is 0 Å². The number of nitro benzene ring substituents is 1. The average molecular weight is 416 g/mol. The van der Waals surface area contributed by atoms with Crippen molar-refractivity contribution in [1.82, 2.24) is 9.21 Å². The molecule has 0 aromatic heterocycles. The fraction of sp³-hybridized carbons (Fsp3) is 0.647. The molecule has 1 unspecified atom stereocenters. The smallest absolute Gasteiger partial charge is 0.270 e. The highest BCUT2D eigenvalue weighted by Crippen LogP contribution is 2.29. The van der Waals surface area contributed by atoms with Crippen LogP contribution in [0.3, 0.4) is 0 Å². The van der Waals surface area contributed by atoms with Crippen LogP contribution in [0.4, 0.5) is 5.69 Å². The molecule has 1 aromatic carbocycles. The lowest BCUT2D eigenvalue weighted by atomic mass is 10.2. The van der Waals surface area contributed by atoms with E-state index in [0.29, 0.717) is 31.9 Å². The molecule has 0 N–H and O–H groups in total. The average Bonchev–Trinajstić information content (AvgIpc) is 2.88. The molecule has 0 bridgehead atoms. The van der Waals surface area contributed by atoms with Crippen LogP contribution >= 0.6 is 11.8 Å². The van der Waals surface area contributed by atoms with E-state index in [9.17, 15) is 18.5 Å². The molecule has 150 valence electrons. The highest BCUT2D eigenvalue weighted by Gasteiger charge is 2.35. The summed E-state index contributed by atoms with van der Waals surface area (Å²) in [6.45, 7) is 5.69. The second-order valence-electron chi connectivity index (χ2n) is 6.82. The predicted molar refractivity (Wildman–Crippen MR) is 105 cm³/mol. The van der Waals surface area contributed by atoms with Crippen molar-refractivity contribution in [3.63, 3.8) is 0 Å². The molecule has 1 aromatic rings. The van der Waals surface area contributed by atoms with Gasteiger partial charge in [-0.05, 0) is 24.7 Å². The highest BCUT2D eigenvalue weighted by molar-refractivity contribution is 7.99. The summed E-state index contributed by atoms with van der Waals surface area (Å²) in [5.41, 5.74) is 0.329. The first-order chi connectivity index (χ1) is 12.9. The Morgan fingerprint density at radius 3 is 2.74 bits per heavy atom. The lowest BCUT2D eigenvalue weighted by Gasteiger charge is -2.35. The monoisotopic (exact) mass is 415 g/mol. The standard InChI is InChI=1S/C17H25N3O5S2/c1-14-3-4-15(20(21)22)11-17(14)27(23,24)19-5-2-10-26-13-16(19)12-18-6-8-25-9-7-18/h3-4,11,16H,2,5-10,12-13H2,1H3. The maximum absolute atomic E-state index is 13.4. The summed E-state index contributed by atoms with van der Waals surface area (Å²) in [7, 11) is -3.81. The van der Waals surface area contributed by atoms with Gasteiger partial charge >= 0.3 is 0 Å². The number of benzene rings is 1. The molecule has 0 spiro atoms. The zero-order valence-corrected chi connectivity index (χ0v) is 17.0.